The van der Waals surface area contributed by atoms with Crippen molar-refractivity contribution in [2.45, 2.75) is 37.9 Å². The molecule has 0 heterocycles. The summed E-state index contributed by atoms with van der Waals surface area (Å²) in [5.74, 6) is 0. The van der Waals surface area contributed by atoms with Crippen LogP contribution in [0.4, 0.5) is 24.5 Å². The lowest BCUT2D eigenvalue weighted by Gasteiger charge is -2.32. The quantitative estimate of drug-likeness (QED) is 0.829. The Morgan fingerprint density at radius 3 is 2.19 bits per heavy atom. The van der Waals surface area contributed by atoms with Crippen LogP contribution in [0.5, 0.6) is 0 Å². The lowest BCUT2D eigenvalue weighted by atomic mass is 10.1. The van der Waals surface area contributed by atoms with Crippen molar-refractivity contribution < 1.29 is 21.6 Å². The maximum absolute atomic E-state index is 12.7. The summed E-state index contributed by atoms with van der Waals surface area (Å²) in [5.41, 5.74) is 5.88. The summed E-state index contributed by atoms with van der Waals surface area (Å²) < 4.78 is 61.1. The number of nitrogen functional groups attached to an aromatic ring is 1. The molecule has 1 aromatic carbocycles. The van der Waals surface area contributed by atoms with Crippen LogP contribution in [0.25, 0.3) is 0 Å². The van der Waals surface area contributed by atoms with Crippen molar-refractivity contribution in [1.82, 2.24) is 0 Å². The van der Waals surface area contributed by atoms with Crippen LogP contribution in [-0.4, -0.2) is 27.2 Å². The van der Waals surface area contributed by atoms with Crippen LogP contribution in [0.2, 0.25) is 0 Å². The van der Waals surface area contributed by atoms with Crippen LogP contribution in [0.1, 0.15) is 19.4 Å². The van der Waals surface area contributed by atoms with Gasteiger partial charge in [-0.2, -0.15) is 13.2 Å². The van der Waals surface area contributed by atoms with Crippen molar-refractivity contribution >= 4 is 21.4 Å². The molecule has 0 amide bonds. The minimum absolute atomic E-state index is 0.0347. The highest BCUT2D eigenvalue weighted by atomic mass is 32.2. The van der Waals surface area contributed by atoms with Gasteiger partial charge < -0.3 is 10.6 Å². The number of rotatable bonds is 4. The van der Waals surface area contributed by atoms with E-state index in [0.29, 0.717) is 0 Å². The van der Waals surface area contributed by atoms with E-state index in [0.717, 1.165) is 11.0 Å². The molecule has 0 aromatic heterocycles. The molecular formula is C12H18F3N3O2S. The summed E-state index contributed by atoms with van der Waals surface area (Å²) >= 11 is 0. The minimum Gasteiger partial charge on any atom is -0.399 e. The van der Waals surface area contributed by atoms with E-state index in [1.807, 2.05) is 0 Å². The first-order valence-corrected chi connectivity index (χ1v) is 7.64. The van der Waals surface area contributed by atoms with Crippen molar-refractivity contribution in [3.63, 3.8) is 0 Å². The minimum atomic E-state index is -4.43. The first-order valence-electron chi connectivity index (χ1n) is 6.09. The van der Waals surface area contributed by atoms with Crippen LogP contribution in [-0.2, 0) is 10.0 Å². The third-order valence-corrected chi connectivity index (χ3v) is 3.98. The monoisotopic (exact) mass is 325 g/mol. The standard InChI is InChI=1S/C12H18F3N3O2S/c1-7(2)18(6-12(13,14)15)10-4-9(16)5-11(8(10)3)21(17,19)20/h4-5,7H,6,16H2,1-3H3,(H2,17,19,20). The molecule has 21 heavy (non-hydrogen) atoms. The number of benzene rings is 1. The third kappa shape index (κ3) is 4.50. The Hall–Kier alpha value is -1.48. The predicted molar refractivity (Wildman–Crippen MR) is 75.5 cm³/mol. The third-order valence-electron chi connectivity index (χ3n) is 2.94. The topological polar surface area (TPSA) is 89.4 Å². The molecule has 9 heteroatoms. The van der Waals surface area contributed by atoms with Gasteiger partial charge in [0.1, 0.15) is 6.54 Å². The molecule has 120 valence electrons. The Morgan fingerprint density at radius 1 is 1.29 bits per heavy atom. The van der Waals surface area contributed by atoms with Gasteiger partial charge in [0.2, 0.25) is 10.0 Å². The van der Waals surface area contributed by atoms with Crippen molar-refractivity contribution in [2.24, 2.45) is 5.14 Å². The van der Waals surface area contributed by atoms with Crippen LogP contribution < -0.4 is 15.8 Å². The number of sulfonamides is 1. The van der Waals surface area contributed by atoms with Gasteiger partial charge in [-0.15, -0.1) is 0 Å². The van der Waals surface area contributed by atoms with E-state index >= 15 is 0 Å². The second-order valence-electron chi connectivity index (χ2n) is 5.05. The summed E-state index contributed by atoms with van der Waals surface area (Å²) in [6.45, 7) is 3.34. The lowest BCUT2D eigenvalue weighted by molar-refractivity contribution is -0.120. The van der Waals surface area contributed by atoms with E-state index in [1.54, 1.807) is 13.8 Å². The van der Waals surface area contributed by atoms with Gasteiger partial charge in [0, 0.05) is 17.4 Å². The molecule has 0 atom stereocenters. The molecule has 0 unspecified atom stereocenters. The molecule has 1 aromatic rings. The van der Waals surface area contributed by atoms with E-state index in [9.17, 15) is 21.6 Å². The normalized spacial score (nSPS) is 12.8. The van der Waals surface area contributed by atoms with E-state index in [1.165, 1.54) is 13.0 Å². The summed E-state index contributed by atoms with van der Waals surface area (Å²) in [6.07, 6.45) is -4.43. The Morgan fingerprint density at radius 2 is 1.81 bits per heavy atom. The highest BCUT2D eigenvalue weighted by Gasteiger charge is 2.33. The smallest absolute Gasteiger partial charge is 0.399 e. The first-order chi connectivity index (χ1) is 9.33. The Kier molecular flexibility index (Phi) is 4.79. The molecule has 0 aliphatic carbocycles. The average molecular weight is 325 g/mol. The zero-order valence-corrected chi connectivity index (χ0v) is 12.7. The number of hydrogen-bond donors (Lipinski definition) is 2. The molecular weight excluding hydrogens is 307 g/mol. The molecule has 0 bridgehead atoms. The number of nitrogens with two attached hydrogens (primary N) is 2. The zero-order valence-electron chi connectivity index (χ0n) is 11.9. The van der Waals surface area contributed by atoms with Crippen molar-refractivity contribution in [2.75, 3.05) is 17.2 Å². The van der Waals surface area contributed by atoms with Gasteiger partial charge >= 0.3 is 6.18 Å². The molecule has 0 aliphatic rings. The van der Waals surface area contributed by atoms with Gasteiger partial charge in [0.05, 0.1) is 4.90 Å². The summed E-state index contributed by atoms with van der Waals surface area (Å²) in [6, 6.07) is 1.95. The number of anilines is 2. The molecule has 0 saturated heterocycles. The second-order valence-corrected chi connectivity index (χ2v) is 6.57. The number of halogens is 3. The van der Waals surface area contributed by atoms with Gasteiger partial charge in [-0.3, -0.25) is 0 Å². The largest absolute Gasteiger partial charge is 0.405 e. The van der Waals surface area contributed by atoms with Crippen LogP contribution in [0, 0.1) is 6.92 Å². The molecule has 0 saturated carbocycles. The fraction of sp³-hybridized carbons (Fsp3) is 0.500. The van der Waals surface area contributed by atoms with E-state index < -0.39 is 28.8 Å². The molecule has 1 rings (SSSR count). The van der Waals surface area contributed by atoms with Crippen LogP contribution in [0.3, 0.4) is 0 Å². The van der Waals surface area contributed by atoms with E-state index in [2.05, 4.69) is 0 Å². The van der Waals surface area contributed by atoms with Gasteiger partial charge in [-0.1, -0.05) is 0 Å². The van der Waals surface area contributed by atoms with Gasteiger partial charge in [0.25, 0.3) is 0 Å². The Labute approximate surface area is 121 Å². The zero-order chi connectivity index (χ0) is 16.6. The summed E-state index contributed by atoms with van der Waals surface area (Å²) in [5, 5.41) is 5.07. The number of hydrogen-bond acceptors (Lipinski definition) is 4. The number of nitrogens with zero attached hydrogens (tertiary/aromatic N) is 1. The molecule has 0 aliphatic heterocycles. The number of primary sulfonamides is 1. The lowest BCUT2D eigenvalue weighted by Crippen LogP contribution is -2.39. The summed E-state index contributed by atoms with van der Waals surface area (Å²) in [7, 11) is -4.07. The Balaban J connectivity index is 3.49. The molecule has 4 N–H and O–H groups in total. The van der Waals surface area contributed by atoms with Gasteiger partial charge in [-0.25, -0.2) is 13.6 Å². The Bertz CT molecular complexity index is 627. The maximum atomic E-state index is 12.7. The fourth-order valence-corrected chi connectivity index (χ4v) is 2.86. The molecule has 0 radical (unpaired) electrons. The average Bonchev–Trinajstić information content (AvgIpc) is 2.26. The number of alkyl halides is 3. The first kappa shape index (κ1) is 17.6. The highest BCUT2D eigenvalue weighted by molar-refractivity contribution is 7.89. The van der Waals surface area contributed by atoms with Crippen molar-refractivity contribution in [3.8, 4) is 0 Å². The SMILES string of the molecule is Cc1c(N(CC(F)(F)F)C(C)C)cc(N)cc1S(N)(=O)=O. The van der Waals surface area contributed by atoms with E-state index in [-0.39, 0.29) is 21.8 Å². The van der Waals surface area contributed by atoms with Gasteiger partial charge in [0.15, 0.2) is 0 Å². The summed E-state index contributed by atoms with van der Waals surface area (Å²) in [4.78, 5) is 0.769. The molecule has 0 fully saturated rings. The van der Waals surface area contributed by atoms with Gasteiger partial charge in [-0.05, 0) is 38.5 Å². The second kappa shape index (κ2) is 5.72. The predicted octanol–water partition coefficient (Wildman–Crippen LogP) is 2.00. The van der Waals surface area contributed by atoms with Crippen molar-refractivity contribution in [1.29, 1.82) is 0 Å². The molecule has 5 nitrogen and oxygen atoms in total. The van der Waals surface area contributed by atoms with Crippen LogP contribution in [0.15, 0.2) is 17.0 Å². The molecule has 0 spiro atoms. The van der Waals surface area contributed by atoms with E-state index in [4.69, 9.17) is 10.9 Å². The van der Waals surface area contributed by atoms with Crippen molar-refractivity contribution in [3.05, 3.63) is 17.7 Å². The highest BCUT2D eigenvalue weighted by Crippen LogP contribution is 2.32. The maximum Gasteiger partial charge on any atom is 0.405 e. The van der Waals surface area contributed by atoms with Crippen LogP contribution >= 0.6 is 0 Å². The fourth-order valence-electron chi connectivity index (χ4n) is 2.03.